The van der Waals surface area contributed by atoms with E-state index in [2.05, 4.69) is 10.7 Å². The van der Waals surface area contributed by atoms with Crippen molar-refractivity contribution < 1.29 is 14.3 Å². The minimum absolute atomic E-state index is 0.267. The smallest absolute Gasteiger partial charge is 0.304 e. The van der Waals surface area contributed by atoms with Crippen molar-refractivity contribution in [2.75, 3.05) is 0 Å². The van der Waals surface area contributed by atoms with Gasteiger partial charge in [0, 0.05) is 21.7 Å². The van der Waals surface area contributed by atoms with E-state index in [0.717, 1.165) is 22.3 Å². The number of benzene rings is 3. The molecular formula is C25H23ClN3O2+. The number of aryl methyl sites for hydroxylation is 2. The molecule has 2 amide bonds. The van der Waals surface area contributed by atoms with Gasteiger partial charge in [0.1, 0.15) is 0 Å². The van der Waals surface area contributed by atoms with Crippen LogP contribution in [-0.2, 0) is 4.79 Å². The molecule has 0 aromatic heterocycles. The van der Waals surface area contributed by atoms with Crippen LogP contribution in [0.3, 0.4) is 0 Å². The first-order valence-corrected chi connectivity index (χ1v) is 10.4. The van der Waals surface area contributed by atoms with Gasteiger partial charge < -0.3 is 5.32 Å². The zero-order valence-corrected chi connectivity index (χ0v) is 18.1. The molecule has 0 bridgehead atoms. The lowest BCUT2D eigenvalue weighted by molar-refractivity contribution is -0.596. The maximum absolute atomic E-state index is 12.9. The van der Waals surface area contributed by atoms with Gasteiger partial charge in [0.15, 0.2) is 6.04 Å². The predicted octanol–water partition coefficient (Wildman–Crippen LogP) is 3.97. The van der Waals surface area contributed by atoms with Crippen LogP contribution in [0, 0.1) is 13.8 Å². The van der Waals surface area contributed by atoms with Crippen LogP contribution in [0.15, 0.2) is 72.8 Å². The molecule has 1 aliphatic heterocycles. The predicted molar refractivity (Wildman–Crippen MR) is 121 cm³/mol. The number of hydrogen-bond acceptors (Lipinski definition) is 2. The van der Waals surface area contributed by atoms with E-state index in [1.54, 1.807) is 28.9 Å². The molecule has 1 saturated heterocycles. The summed E-state index contributed by atoms with van der Waals surface area (Å²) in [4.78, 5) is 25.7. The Morgan fingerprint density at radius 1 is 0.935 bits per heavy atom. The molecule has 5 nitrogen and oxygen atoms in total. The summed E-state index contributed by atoms with van der Waals surface area (Å²) in [5.74, 6) is -0.554. The van der Waals surface area contributed by atoms with Gasteiger partial charge in [-0.3, -0.25) is 9.59 Å². The monoisotopic (exact) mass is 432 g/mol. The SMILES string of the molecule is Cc1ccc(C(=O)N[C@@H]2C(=O)N/[N+](=C\c3ccc(Cl)cc3)[C@@H]2c2ccc(C)cc2)cc1. The van der Waals surface area contributed by atoms with Gasteiger partial charge in [-0.25, -0.2) is 0 Å². The van der Waals surface area contributed by atoms with E-state index in [1.165, 1.54) is 0 Å². The molecule has 4 rings (SSSR count). The van der Waals surface area contributed by atoms with Crippen LogP contribution in [0.2, 0.25) is 5.02 Å². The van der Waals surface area contributed by atoms with Gasteiger partial charge in [-0.15, -0.1) is 10.1 Å². The molecule has 156 valence electrons. The van der Waals surface area contributed by atoms with Crippen molar-refractivity contribution in [1.82, 2.24) is 10.7 Å². The van der Waals surface area contributed by atoms with Crippen molar-refractivity contribution in [3.63, 3.8) is 0 Å². The molecule has 0 aliphatic carbocycles. The molecule has 2 N–H and O–H groups in total. The largest absolute Gasteiger partial charge is 0.334 e. The van der Waals surface area contributed by atoms with Crippen LogP contribution in [0.4, 0.5) is 0 Å². The zero-order valence-electron chi connectivity index (χ0n) is 17.3. The highest BCUT2D eigenvalue weighted by Gasteiger charge is 2.47. The van der Waals surface area contributed by atoms with Crippen LogP contribution >= 0.6 is 11.6 Å². The van der Waals surface area contributed by atoms with Crippen molar-refractivity contribution in [2.45, 2.75) is 25.9 Å². The number of hydrogen-bond donors (Lipinski definition) is 2. The van der Waals surface area contributed by atoms with E-state index < -0.39 is 12.1 Å². The number of rotatable bonds is 4. The minimum atomic E-state index is -0.750. The second kappa shape index (κ2) is 8.74. The number of carbonyl (C=O) groups is 2. The average molecular weight is 433 g/mol. The Labute approximate surface area is 186 Å². The molecule has 31 heavy (non-hydrogen) atoms. The Morgan fingerprint density at radius 3 is 2.13 bits per heavy atom. The molecule has 3 aromatic rings. The highest BCUT2D eigenvalue weighted by Crippen LogP contribution is 2.26. The quantitative estimate of drug-likeness (QED) is 0.613. The molecular weight excluding hydrogens is 410 g/mol. The maximum atomic E-state index is 12.9. The number of nitrogens with one attached hydrogen (secondary N) is 2. The van der Waals surface area contributed by atoms with Gasteiger partial charge in [0.25, 0.3) is 5.91 Å². The van der Waals surface area contributed by atoms with Crippen molar-refractivity contribution in [3.05, 3.63) is 106 Å². The molecule has 1 fully saturated rings. The van der Waals surface area contributed by atoms with Crippen LogP contribution < -0.4 is 10.7 Å². The Kier molecular flexibility index (Phi) is 5.87. The fourth-order valence-corrected chi connectivity index (χ4v) is 3.71. The zero-order chi connectivity index (χ0) is 22.0. The molecule has 0 spiro atoms. The Balaban J connectivity index is 1.69. The number of carbonyl (C=O) groups excluding carboxylic acids is 2. The summed E-state index contributed by atoms with van der Waals surface area (Å²) in [5, 5.41) is 3.56. The van der Waals surface area contributed by atoms with Crippen molar-refractivity contribution in [3.8, 4) is 0 Å². The molecule has 3 aromatic carbocycles. The third-order valence-electron chi connectivity index (χ3n) is 5.31. The van der Waals surface area contributed by atoms with Gasteiger partial charge >= 0.3 is 5.91 Å². The number of nitrogens with zero attached hydrogens (tertiary/aromatic N) is 1. The van der Waals surface area contributed by atoms with Crippen molar-refractivity contribution in [1.29, 1.82) is 0 Å². The van der Waals surface area contributed by atoms with Gasteiger partial charge in [-0.1, -0.05) is 59.1 Å². The molecule has 6 heteroatoms. The van der Waals surface area contributed by atoms with Crippen molar-refractivity contribution in [2.24, 2.45) is 0 Å². The molecule has 0 saturated carbocycles. The summed E-state index contributed by atoms with van der Waals surface area (Å²) in [6.07, 6.45) is 1.84. The second-order valence-electron chi connectivity index (χ2n) is 7.74. The Hall–Kier alpha value is -3.44. The Morgan fingerprint density at radius 2 is 1.52 bits per heavy atom. The van der Waals surface area contributed by atoms with Crippen molar-refractivity contribution >= 4 is 29.6 Å². The van der Waals surface area contributed by atoms with E-state index in [-0.39, 0.29) is 11.8 Å². The average Bonchev–Trinajstić information content (AvgIpc) is 3.05. The van der Waals surface area contributed by atoms with Crippen LogP contribution in [0.5, 0.6) is 0 Å². The van der Waals surface area contributed by atoms with E-state index in [0.29, 0.717) is 10.6 Å². The first kappa shape index (κ1) is 20.8. The molecule has 0 radical (unpaired) electrons. The second-order valence-corrected chi connectivity index (χ2v) is 8.17. The lowest BCUT2D eigenvalue weighted by Crippen LogP contribution is -2.42. The van der Waals surface area contributed by atoms with Gasteiger partial charge in [0.05, 0.1) is 0 Å². The molecule has 2 atom stereocenters. The maximum Gasteiger partial charge on any atom is 0.304 e. The molecule has 0 unspecified atom stereocenters. The first-order chi connectivity index (χ1) is 14.9. The van der Waals surface area contributed by atoms with E-state index in [9.17, 15) is 9.59 Å². The van der Waals surface area contributed by atoms with Gasteiger partial charge in [-0.2, -0.15) is 0 Å². The standard InChI is InChI=1S/C25H22ClN3O2/c1-16-3-9-19(10-4-16)23-22(27-24(30)20-11-5-17(2)6-12-20)25(31)28-29(23)15-18-7-13-21(26)14-8-18/h3-15,22-23H,1-2H3,(H-,27,28,30,31)/p+1/b29-15-/t22-,23+/m0/s1. The number of hydrazine groups is 1. The summed E-state index contributed by atoms with van der Waals surface area (Å²) < 4.78 is 1.75. The normalized spacial score (nSPS) is 19.3. The topological polar surface area (TPSA) is 61.2 Å². The fraction of sp³-hybridized carbons (Fsp3) is 0.160. The summed E-state index contributed by atoms with van der Waals surface area (Å²) in [6, 6.07) is 21.4. The highest BCUT2D eigenvalue weighted by atomic mass is 35.5. The number of amides is 2. The van der Waals surface area contributed by atoms with E-state index in [4.69, 9.17) is 11.6 Å². The third kappa shape index (κ3) is 4.67. The summed E-state index contributed by atoms with van der Waals surface area (Å²) in [7, 11) is 0. The Bertz CT molecular complexity index is 1140. The lowest BCUT2D eigenvalue weighted by Gasteiger charge is -2.15. The van der Waals surface area contributed by atoms with E-state index >= 15 is 0 Å². The first-order valence-electron chi connectivity index (χ1n) is 10.0. The summed E-state index contributed by atoms with van der Waals surface area (Å²) in [6.45, 7) is 3.97. The molecule has 1 aliphatic rings. The molecule has 1 heterocycles. The van der Waals surface area contributed by atoms with Crippen LogP contribution in [0.25, 0.3) is 0 Å². The van der Waals surface area contributed by atoms with E-state index in [1.807, 2.05) is 68.6 Å². The fourth-order valence-electron chi connectivity index (χ4n) is 3.58. The highest BCUT2D eigenvalue weighted by molar-refractivity contribution is 6.30. The number of halogens is 1. The van der Waals surface area contributed by atoms with Gasteiger partial charge in [0.2, 0.25) is 12.3 Å². The summed E-state index contributed by atoms with van der Waals surface area (Å²) in [5.41, 5.74) is 7.39. The summed E-state index contributed by atoms with van der Waals surface area (Å²) >= 11 is 5.99. The lowest BCUT2D eigenvalue weighted by atomic mass is 9.98. The number of hydrazone groups is 1. The van der Waals surface area contributed by atoms with Gasteiger partial charge in [-0.05, 0) is 50.2 Å². The third-order valence-corrected chi connectivity index (χ3v) is 5.57. The van der Waals surface area contributed by atoms with Crippen LogP contribution in [-0.4, -0.2) is 28.8 Å². The minimum Gasteiger partial charge on any atom is -0.334 e. The van der Waals surface area contributed by atoms with Crippen LogP contribution in [0.1, 0.15) is 38.7 Å².